The van der Waals surface area contributed by atoms with Gasteiger partial charge in [0.1, 0.15) is 18.4 Å². The van der Waals surface area contributed by atoms with Crippen molar-refractivity contribution in [1.29, 1.82) is 0 Å². The lowest BCUT2D eigenvalue weighted by molar-refractivity contribution is -0.140. The highest BCUT2D eigenvalue weighted by atomic mass is 79.9. The fourth-order valence-electron chi connectivity index (χ4n) is 4.61. The number of sulfonamides is 1. The molecular formula is C33H32BrClFN3O4S. The van der Waals surface area contributed by atoms with Crippen LogP contribution in [0.1, 0.15) is 25.0 Å². The predicted molar refractivity (Wildman–Crippen MR) is 174 cm³/mol. The average molecular weight is 701 g/mol. The van der Waals surface area contributed by atoms with Crippen LogP contribution in [0.2, 0.25) is 5.02 Å². The van der Waals surface area contributed by atoms with E-state index in [9.17, 15) is 22.4 Å². The van der Waals surface area contributed by atoms with Gasteiger partial charge >= 0.3 is 0 Å². The number of benzene rings is 4. The van der Waals surface area contributed by atoms with E-state index in [1.165, 1.54) is 23.1 Å². The van der Waals surface area contributed by atoms with Gasteiger partial charge in [-0.3, -0.25) is 13.9 Å². The second-order valence-corrected chi connectivity index (χ2v) is 13.6. The number of halogens is 3. The minimum atomic E-state index is -4.32. The van der Waals surface area contributed by atoms with Gasteiger partial charge in [0.25, 0.3) is 10.0 Å². The molecule has 4 aromatic carbocycles. The Morgan fingerprint density at radius 3 is 2.09 bits per heavy atom. The summed E-state index contributed by atoms with van der Waals surface area (Å²) >= 11 is 9.48. The summed E-state index contributed by atoms with van der Waals surface area (Å²) in [6, 6.07) is 26.5. The molecule has 0 spiro atoms. The van der Waals surface area contributed by atoms with Gasteiger partial charge in [-0.1, -0.05) is 88.2 Å². The maximum atomic E-state index is 14.4. The number of anilines is 1. The van der Waals surface area contributed by atoms with E-state index < -0.39 is 34.3 Å². The van der Waals surface area contributed by atoms with Crippen molar-refractivity contribution >= 4 is 55.1 Å². The van der Waals surface area contributed by atoms with E-state index >= 15 is 0 Å². The lowest BCUT2D eigenvalue weighted by Gasteiger charge is -2.34. The molecule has 0 aromatic heterocycles. The number of hydrogen-bond donors (Lipinski definition) is 1. The number of rotatable bonds is 12. The molecule has 4 aromatic rings. The highest BCUT2D eigenvalue weighted by Gasteiger charge is 2.35. The molecule has 0 aliphatic heterocycles. The van der Waals surface area contributed by atoms with Gasteiger partial charge in [-0.05, 0) is 67.4 Å². The first-order valence-corrected chi connectivity index (χ1v) is 16.5. The van der Waals surface area contributed by atoms with Crippen LogP contribution in [0.3, 0.4) is 0 Å². The van der Waals surface area contributed by atoms with E-state index in [4.69, 9.17) is 11.6 Å². The molecule has 1 unspecified atom stereocenters. The molecule has 0 saturated heterocycles. The van der Waals surface area contributed by atoms with Crippen molar-refractivity contribution in [2.45, 2.75) is 43.8 Å². The smallest absolute Gasteiger partial charge is 0.264 e. The average Bonchev–Trinajstić information content (AvgIpc) is 3.00. The Hall–Kier alpha value is -3.73. The first kappa shape index (κ1) is 33.2. The van der Waals surface area contributed by atoms with Crippen molar-refractivity contribution < 1.29 is 22.4 Å². The van der Waals surface area contributed by atoms with Gasteiger partial charge in [-0.15, -0.1) is 0 Å². The van der Waals surface area contributed by atoms with Gasteiger partial charge in [0, 0.05) is 23.5 Å². The molecule has 0 radical (unpaired) electrons. The maximum Gasteiger partial charge on any atom is 0.264 e. The van der Waals surface area contributed by atoms with E-state index in [1.807, 2.05) is 68.4 Å². The minimum Gasteiger partial charge on any atom is -0.352 e. The highest BCUT2D eigenvalue weighted by Crippen LogP contribution is 2.28. The topological polar surface area (TPSA) is 86.8 Å². The summed E-state index contributed by atoms with van der Waals surface area (Å²) in [6.45, 7) is 3.00. The second-order valence-electron chi connectivity index (χ2n) is 10.4. The fraction of sp³-hybridized carbons (Fsp3) is 0.212. The zero-order valence-electron chi connectivity index (χ0n) is 24.2. The second kappa shape index (κ2) is 14.8. The molecule has 7 nitrogen and oxygen atoms in total. The Labute approximate surface area is 270 Å². The summed E-state index contributed by atoms with van der Waals surface area (Å²) in [5.41, 5.74) is 1.56. The van der Waals surface area contributed by atoms with Crippen LogP contribution in [0.5, 0.6) is 0 Å². The van der Waals surface area contributed by atoms with Crippen molar-refractivity contribution in [3.05, 3.63) is 130 Å². The molecule has 44 heavy (non-hydrogen) atoms. The van der Waals surface area contributed by atoms with E-state index in [-0.39, 0.29) is 40.5 Å². The van der Waals surface area contributed by atoms with Crippen LogP contribution < -0.4 is 9.62 Å². The monoisotopic (exact) mass is 699 g/mol. The zero-order valence-corrected chi connectivity index (χ0v) is 27.3. The van der Waals surface area contributed by atoms with E-state index in [2.05, 4.69) is 21.2 Å². The van der Waals surface area contributed by atoms with Crippen LogP contribution in [0.4, 0.5) is 10.1 Å². The Kier molecular flexibility index (Phi) is 11.2. The number of nitrogens with one attached hydrogen (secondary N) is 1. The molecule has 1 atom stereocenters. The van der Waals surface area contributed by atoms with Crippen LogP contribution in [-0.4, -0.2) is 43.8 Å². The van der Waals surface area contributed by atoms with Crippen LogP contribution in [0.25, 0.3) is 0 Å². The molecule has 0 bridgehead atoms. The minimum absolute atomic E-state index is 0.00318. The SMILES string of the molecule is CC(C)NC(=O)C(Cc1ccccc1)N(Cc1ccc(Br)cc1)C(=O)CN(c1ccc(F)c(Cl)c1)S(=O)(=O)c1ccccc1. The van der Waals surface area contributed by atoms with Crippen LogP contribution in [0.15, 0.2) is 112 Å². The molecule has 0 fully saturated rings. The third kappa shape index (κ3) is 8.46. The van der Waals surface area contributed by atoms with Crippen molar-refractivity contribution in [3.63, 3.8) is 0 Å². The van der Waals surface area contributed by atoms with Crippen molar-refractivity contribution in [2.75, 3.05) is 10.8 Å². The number of carbonyl (C=O) groups is 2. The summed E-state index contributed by atoms with van der Waals surface area (Å²) in [5, 5.41) is 2.62. The lowest BCUT2D eigenvalue weighted by atomic mass is 10.0. The van der Waals surface area contributed by atoms with Gasteiger partial charge in [0.2, 0.25) is 11.8 Å². The molecular weight excluding hydrogens is 669 g/mol. The highest BCUT2D eigenvalue weighted by molar-refractivity contribution is 9.10. The molecule has 0 heterocycles. The normalized spacial score (nSPS) is 12.0. The molecule has 0 aliphatic carbocycles. The molecule has 11 heteroatoms. The number of hydrogen-bond acceptors (Lipinski definition) is 4. The van der Waals surface area contributed by atoms with Crippen molar-refractivity contribution in [3.8, 4) is 0 Å². The lowest BCUT2D eigenvalue weighted by Crippen LogP contribution is -2.54. The van der Waals surface area contributed by atoms with E-state index in [1.54, 1.807) is 18.2 Å². The third-order valence-electron chi connectivity index (χ3n) is 6.77. The van der Waals surface area contributed by atoms with Crippen molar-refractivity contribution in [1.82, 2.24) is 10.2 Å². The number of nitrogens with zero attached hydrogens (tertiary/aromatic N) is 2. The summed E-state index contributed by atoms with van der Waals surface area (Å²) in [7, 11) is -4.32. The Morgan fingerprint density at radius 2 is 1.50 bits per heavy atom. The molecule has 2 amide bonds. The van der Waals surface area contributed by atoms with Gasteiger partial charge in [0.05, 0.1) is 15.6 Å². The first-order chi connectivity index (χ1) is 21.0. The summed E-state index contributed by atoms with van der Waals surface area (Å²) in [5.74, 6) is -1.74. The Balaban J connectivity index is 1.81. The maximum absolute atomic E-state index is 14.4. The first-order valence-electron chi connectivity index (χ1n) is 13.9. The largest absolute Gasteiger partial charge is 0.352 e. The number of carbonyl (C=O) groups excluding carboxylic acids is 2. The van der Waals surface area contributed by atoms with Gasteiger partial charge in [0.15, 0.2) is 0 Å². The standard InChI is InChI=1S/C33H32BrClFN3O4S/c1-23(2)37-33(41)31(19-24-9-5-3-6-10-24)38(21-25-13-15-26(34)16-14-25)32(40)22-39(27-17-18-30(36)29(35)20-27)44(42,43)28-11-7-4-8-12-28/h3-18,20,23,31H,19,21-22H2,1-2H3,(H,37,41). The van der Waals surface area contributed by atoms with Crippen molar-refractivity contribution in [2.24, 2.45) is 0 Å². The molecule has 230 valence electrons. The van der Waals surface area contributed by atoms with Gasteiger partial charge < -0.3 is 10.2 Å². The quantitative estimate of drug-likeness (QED) is 0.181. The number of amides is 2. The molecule has 1 N–H and O–H groups in total. The molecule has 4 rings (SSSR count). The van der Waals surface area contributed by atoms with E-state index in [0.717, 1.165) is 32.0 Å². The molecule has 0 saturated carbocycles. The summed E-state index contributed by atoms with van der Waals surface area (Å²) < 4.78 is 43.8. The Morgan fingerprint density at radius 1 is 0.886 bits per heavy atom. The van der Waals surface area contributed by atoms with E-state index in [0.29, 0.717) is 0 Å². The Bertz CT molecular complexity index is 1690. The predicted octanol–water partition coefficient (Wildman–Crippen LogP) is 6.60. The molecule has 0 aliphatic rings. The fourth-order valence-corrected chi connectivity index (χ4v) is 6.48. The van der Waals surface area contributed by atoms with Crippen LogP contribution in [0, 0.1) is 5.82 Å². The van der Waals surface area contributed by atoms with Gasteiger partial charge in [-0.2, -0.15) is 0 Å². The summed E-state index contributed by atoms with van der Waals surface area (Å²) in [4.78, 5) is 29.4. The zero-order chi connectivity index (χ0) is 31.9. The van der Waals surface area contributed by atoms with Crippen LogP contribution >= 0.6 is 27.5 Å². The summed E-state index contributed by atoms with van der Waals surface area (Å²) in [6.07, 6.45) is 0.190. The third-order valence-corrected chi connectivity index (χ3v) is 9.38. The van der Waals surface area contributed by atoms with Gasteiger partial charge in [-0.25, -0.2) is 12.8 Å². The van der Waals surface area contributed by atoms with Crippen LogP contribution in [-0.2, 0) is 32.6 Å².